The van der Waals surface area contributed by atoms with Crippen molar-refractivity contribution in [3.8, 4) is 0 Å². The quantitative estimate of drug-likeness (QED) is 0.445. The molecule has 1 aliphatic heterocycles. The summed E-state index contributed by atoms with van der Waals surface area (Å²) in [5.41, 5.74) is 2.62. The van der Waals surface area contributed by atoms with Crippen molar-refractivity contribution >= 4 is 28.3 Å². The van der Waals surface area contributed by atoms with Gasteiger partial charge >= 0.3 is 0 Å². The number of fused-ring (bicyclic) bond motifs is 1. The van der Waals surface area contributed by atoms with Crippen LogP contribution >= 0.6 is 11.6 Å². The molecule has 3 rings (SSSR count). The van der Waals surface area contributed by atoms with E-state index in [0.29, 0.717) is 10.9 Å². The number of nitrogens with zero attached hydrogens (tertiary/aromatic N) is 2. The van der Waals surface area contributed by atoms with Crippen LogP contribution in [0.1, 0.15) is 18.4 Å². The standard InChI is InChI=1S/C13H16ClN5/c14-10-7-18-13-9(3-6-17-13)11(10)12(19-15)8-1-4-16-5-2-8/h3,6-8,16H,1-2,4-5,15H2,(H,17,18)/b19-12+. The molecule has 0 aromatic carbocycles. The first-order valence-electron chi connectivity index (χ1n) is 6.41. The molecule has 19 heavy (non-hydrogen) atoms. The summed E-state index contributed by atoms with van der Waals surface area (Å²) < 4.78 is 0. The van der Waals surface area contributed by atoms with Crippen LogP contribution in [0.15, 0.2) is 23.6 Å². The highest BCUT2D eigenvalue weighted by Gasteiger charge is 2.24. The van der Waals surface area contributed by atoms with Gasteiger partial charge in [-0.25, -0.2) is 4.98 Å². The van der Waals surface area contributed by atoms with Crippen LogP contribution in [0.4, 0.5) is 0 Å². The van der Waals surface area contributed by atoms with E-state index in [-0.39, 0.29) is 0 Å². The van der Waals surface area contributed by atoms with Gasteiger partial charge in [0.2, 0.25) is 0 Å². The number of halogens is 1. The van der Waals surface area contributed by atoms with Gasteiger partial charge in [0.05, 0.1) is 10.7 Å². The largest absolute Gasteiger partial charge is 0.346 e. The lowest BCUT2D eigenvalue weighted by Crippen LogP contribution is -2.33. The Kier molecular flexibility index (Phi) is 3.40. The van der Waals surface area contributed by atoms with Crippen LogP contribution in [-0.4, -0.2) is 28.8 Å². The molecule has 0 aliphatic carbocycles. The number of rotatable bonds is 2. The fourth-order valence-electron chi connectivity index (χ4n) is 2.71. The Morgan fingerprint density at radius 3 is 2.95 bits per heavy atom. The van der Waals surface area contributed by atoms with Crippen molar-refractivity contribution in [3.63, 3.8) is 0 Å². The summed E-state index contributed by atoms with van der Waals surface area (Å²) in [6.45, 7) is 1.98. The van der Waals surface area contributed by atoms with Crippen LogP contribution in [0.5, 0.6) is 0 Å². The van der Waals surface area contributed by atoms with E-state index >= 15 is 0 Å². The second-order valence-corrected chi connectivity index (χ2v) is 5.17. The number of pyridine rings is 1. The van der Waals surface area contributed by atoms with Crippen molar-refractivity contribution in [3.05, 3.63) is 29.0 Å². The van der Waals surface area contributed by atoms with Gasteiger partial charge in [-0.1, -0.05) is 11.6 Å². The molecule has 1 fully saturated rings. The molecule has 0 bridgehead atoms. The van der Waals surface area contributed by atoms with E-state index in [9.17, 15) is 0 Å². The number of aromatic nitrogens is 2. The number of hydrazone groups is 1. The zero-order valence-corrected chi connectivity index (χ0v) is 11.2. The highest BCUT2D eigenvalue weighted by molar-refractivity contribution is 6.36. The third-order valence-corrected chi connectivity index (χ3v) is 3.95. The van der Waals surface area contributed by atoms with E-state index in [2.05, 4.69) is 20.4 Å². The zero-order valence-electron chi connectivity index (χ0n) is 10.5. The summed E-state index contributed by atoms with van der Waals surface area (Å²) in [5.74, 6) is 5.99. The maximum absolute atomic E-state index is 6.32. The lowest BCUT2D eigenvalue weighted by molar-refractivity contribution is 0.456. The monoisotopic (exact) mass is 277 g/mol. The molecule has 0 unspecified atom stereocenters. The average Bonchev–Trinajstić information content (AvgIpc) is 2.91. The first-order valence-corrected chi connectivity index (χ1v) is 6.79. The SMILES string of the molecule is N/N=C(/c1c(Cl)cnc2[nH]ccc12)C1CCNCC1. The van der Waals surface area contributed by atoms with Crippen LogP contribution in [-0.2, 0) is 0 Å². The van der Waals surface area contributed by atoms with Crippen LogP contribution < -0.4 is 11.2 Å². The predicted octanol–water partition coefficient (Wildman–Crippen LogP) is 1.88. The van der Waals surface area contributed by atoms with Gasteiger partial charge in [-0.05, 0) is 32.0 Å². The lowest BCUT2D eigenvalue weighted by atomic mass is 9.88. The van der Waals surface area contributed by atoms with Gasteiger partial charge in [-0.15, -0.1) is 0 Å². The minimum Gasteiger partial charge on any atom is -0.346 e. The smallest absolute Gasteiger partial charge is 0.137 e. The second kappa shape index (κ2) is 5.19. The second-order valence-electron chi connectivity index (χ2n) is 4.76. The first kappa shape index (κ1) is 12.4. The number of nitrogens with one attached hydrogen (secondary N) is 2. The van der Waals surface area contributed by atoms with E-state index in [0.717, 1.165) is 48.2 Å². The summed E-state index contributed by atoms with van der Waals surface area (Å²) >= 11 is 6.32. The lowest BCUT2D eigenvalue weighted by Gasteiger charge is -2.24. The Labute approximate surface area is 116 Å². The van der Waals surface area contributed by atoms with Crippen LogP contribution in [0, 0.1) is 5.92 Å². The maximum atomic E-state index is 6.32. The minimum absolute atomic E-state index is 0.351. The topological polar surface area (TPSA) is 79.1 Å². The van der Waals surface area contributed by atoms with Crippen molar-refractivity contribution in [1.29, 1.82) is 0 Å². The minimum atomic E-state index is 0.351. The van der Waals surface area contributed by atoms with Crippen molar-refractivity contribution in [2.45, 2.75) is 12.8 Å². The Morgan fingerprint density at radius 2 is 2.21 bits per heavy atom. The van der Waals surface area contributed by atoms with Gasteiger partial charge in [-0.2, -0.15) is 5.10 Å². The Balaban J connectivity index is 2.10. The zero-order chi connectivity index (χ0) is 13.2. The van der Waals surface area contributed by atoms with Crippen LogP contribution in [0.25, 0.3) is 11.0 Å². The summed E-state index contributed by atoms with van der Waals surface area (Å²) in [7, 11) is 0. The summed E-state index contributed by atoms with van der Waals surface area (Å²) in [6, 6.07) is 1.97. The molecule has 0 radical (unpaired) electrons. The number of hydrogen-bond acceptors (Lipinski definition) is 4. The van der Waals surface area contributed by atoms with Gasteiger partial charge in [0, 0.05) is 29.3 Å². The number of nitrogens with two attached hydrogens (primary N) is 1. The third kappa shape index (κ3) is 2.19. The molecule has 1 saturated heterocycles. The van der Waals surface area contributed by atoms with E-state index in [1.807, 2.05) is 12.3 Å². The summed E-state index contributed by atoms with van der Waals surface area (Å²) in [4.78, 5) is 7.36. The van der Waals surface area contributed by atoms with Crippen molar-refractivity contribution in [2.24, 2.45) is 16.9 Å². The van der Waals surface area contributed by atoms with Crippen LogP contribution in [0.3, 0.4) is 0 Å². The third-order valence-electron chi connectivity index (χ3n) is 3.66. The Hall–Kier alpha value is -1.59. The predicted molar refractivity (Wildman–Crippen MR) is 77.4 cm³/mol. The number of hydrogen-bond donors (Lipinski definition) is 3. The van der Waals surface area contributed by atoms with Gasteiger partial charge < -0.3 is 16.1 Å². The van der Waals surface area contributed by atoms with E-state index in [1.54, 1.807) is 6.20 Å². The molecule has 0 amide bonds. The summed E-state index contributed by atoms with van der Waals surface area (Å²) in [6.07, 6.45) is 5.57. The highest BCUT2D eigenvalue weighted by atomic mass is 35.5. The Bertz CT molecular complexity index is 613. The van der Waals surface area contributed by atoms with E-state index in [4.69, 9.17) is 17.4 Å². The van der Waals surface area contributed by atoms with Crippen molar-refractivity contribution in [1.82, 2.24) is 15.3 Å². The first-order chi connectivity index (χ1) is 9.31. The van der Waals surface area contributed by atoms with Crippen LogP contribution in [0.2, 0.25) is 5.02 Å². The van der Waals surface area contributed by atoms with Gasteiger partial charge in [0.25, 0.3) is 0 Å². The Morgan fingerprint density at radius 1 is 1.42 bits per heavy atom. The molecule has 6 heteroatoms. The molecule has 4 N–H and O–H groups in total. The van der Waals surface area contributed by atoms with E-state index in [1.165, 1.54) is 0 Å². The number of piperidine rings is 1. The molecule has 0 saturated carbocycles. The van der Waals surface area contributed by atoms with Crippen molar-refractivity contribution in [2.75, 3.05) is 13.1 Å². The average molecular weight is 278 g/mol. The van der Waals surface area contributed by atoms with Gasteiger partial charge in [0.15, 0.2) is 0 Å². The molecule has 0 atom stereocenters. The summed E-state index contributed by atoms with van der Waals surface area (Å²) in [5, 5.41) is 8.97. The maximum Gasteiger partial charge on any atom is 0.137 e. The number of H-pyrrole nitrogens is 1. The van der Waals surface area contributed by atoms with Crippen molar-refractivity contribution < 1.29 is 0 Å². The molecular formula is C13H16ClN5. The molecule has 0 spiro atoms. The fraction of sp³-hybridized carbons (Fsp3) is 0.385. The molecule has 1 aliphatic rings. The molecular weight excluding hydrogens is 262 g/mol. The van der Waals surface area contributed by atoms with Gasteiger partial charge in [0.1, 0.15) is 5.65 Å². The van der Waals surface area contributed by atoms with Gasteiger partial charge in [-0.3, -0.25) is 0 Å². The fourth-order valence-corrected chi connectivity index (χ4v) is 2.96. The molecule has 5 nitrogen and oxygen atoms in total. The molecule has 2 aromatic rings. The molecule has 100 valence electrons. The normalized spacial score (nSPS) is 18.1. The highest BCUT2D eigenvalue weighted by Crippen LogP contribution is 2.29. The van der Waals surface area contributed by atoms with E-state index < -0.39 is 0 Å². The molecule has 2 aromatic heterocycles. The molecule has 3 heterocycles. The number of aromatic amines is 1.